The summed E-state index contributed by atoms with van der Waals surface area (Å²) in [4.78, 5) is 10.3. The third kappa shape index (κ3) is 2.38. The SMILES string of the molecule is CCc1c(NC)ncnc1NC1CCCc2sccc21. The highest BCUT2D eigenvalue weighted by molar-refractivity contribution is 7.10. The van der Waals surface area contributed by atoms with Crippen molar-refractivity contribution in [2.75, 3.05) is 17.7 Å². The predicted octanol–water partition coefficient (Wildman–Crippen LogP) is 3.63. The third-order valence-corrected chi connectivity index (χ3v) is 4.90. The molecule has 0 aliphatic heterocycles. The second-order valence-electron chi connectivity index (χ2n) is 5.04. The van der Waals surface area contributed by atoms with E-state index in [0.29, 0.717) is 6.04 Å². The topological polar surface area (TPSA) is 49.8 Å². The molecular formula is C15H20N4S. The minimum atomic E-state index is 0.384. The Kier molecular flexibility index (Phi) is 3.87. The van der Waals surface area contributed by atoms with Gasteiger partial charge in [0.25, 0.3) is 0 Å². The van der Waals surface area contributed by atoms with Gasteiger partial charge in [-0.3, -0.25) is 0 Å². The molecule has 20 heavy (non-hydrogen) atoms. The molecule has 0 bridgehead atoms. The van der Waals surface area contributed by atoms with Gasteiger partial charge in [-0.2, -0.15) is 0 Å². The smallest absolute Gasteiger partial charge is 0.135 e. The lowest BCUT2D eigenvalue weighted by Crippen LogP contribution is -2.18. The summed E-state index contributed by atoms with van der Waals surface area (Å²) in [5.41, 5.74) is 2.62. The van der Waals surface area contributed by atoms with Gasteiger partial charge in [-0.05, 0) is 42.7 Å². The molecule has 0 aromatic carbocycles. The van der Waals surface area contributed by atoms with Crippen LogP contribution in [0.25, 0.3) is 0 Å². The molecule has 2 N–H and O–H groups in total. The van der Waals surface area contributed by atoms with Gasteiger partial charge in [-0.1, -0.05) is 6.92 Å². The highest BCUT2D eigenvalue weighted by atomic mass is 32.1. The number of aromatic nitrogens is 2. The number of nitrogens with one attached hydrogen (secondary N) is 2. The first-order chi connectivity index (χ1) is 9.83. The summed E-state index contributed by atoms with van der Waals surface area (Å²) in [6.07, 6.45) is 6.19. The molecule has 0 fully saturated rings. The number of hydrogen-bond acceptors (Lipinski definition) is 5. The van der Waals surface area contributed by atoms with Gasteiger partial charge < -0.3 is 10.6 Å². The van der Waals surface area contributed by atoms with Crippen LogP contribution < -0.4 is 10.6 Å². The fourth-order valence-electron chi connectivity index (χ4n) is 2.89. The Labute approximate surface area is 123 Å². The van der Waals surface area contributed by atoms with Crippen LogP contribution in [0.15, 0.2) is 17.8 Å². The summed E-state index contributed by atoms with van der Waals surface area (Å²) in [6, 6.07) is 2.64. The molecule has 0 saturated heterocycles. The lowest BCUT2D eigenvalue weighted by molar-refractivity contribution is 0.606. The van der Waals surface area contributed by atoms with Crippen LogP contribution in [-0.4, -0.2) is 17.0 Å². The number of thiophene rings is 1. The molecule has 3 rings (SSSR count). The molecule has 0 spiro atoms. The summed E-state index contributed by atoms with van der Waals surface area (Å²) >= 11 is 1.87. The predicted molar refractivity (Wildman–Crippen MR) is 84.6 cm³/mol. The molecule has 0 radical (unpaired) electrons. The molecule has 0 saturated carbocycles. The second kappa shape index (κ2) is 5.79. The molecule has 1 aliphatic carbocycles. The van der Waals surface area contributed by atoms with Crippen molar-refractivity contribution >= 4 is 23.0 Å². The van der Waals surface area contributed by atoms with Gasteiger partial charge >= 0.3 is 0 Å². The van der Waals surface area contributed by atoms with Crippen molar-refractivity contribution in [2.24, 2.45) is 0 Å². The van der Waals surface area contributed by atoms with E-state index in [1.165, 1.54) is 29.7 Å². The average Bonchev–Trinajstić information content (AvgIpc) is 2.96. The van der Waals surface area contributed by atoms with Crippen LogP contribution in [0.1, 0.15) is 41.8 Å². The summed E-state index contributed by atoms with van der Waals surface area (Å²) in [6.45, 7) is 2.14. The zero-order valence-corrected chi connectivity index (χ0v) is 12.8. The van der Waals surface area contributed by atoms with Gasteiger partial charge in [-0.25, -0.2) is 9.97 Å². The van der Waals surface area contributed by atoms with Gasteiger partial charge in [0.2, 0.25) is 0 Å². The average molecular weight is 288 g/mol. The minimum Gasteiger partial charge on any atom is -0.373 e. The summed E-state index contributed by atoms with van der Waals surface area (Å²) < 4.78 is 0. The Bertz CT molecular complexity index is 593. The van der Waals surface area contributed by atoms with E-state index in [4.69, 9.17) is 0 Å². The molecule has 1 aliphatic rings. The number of rotatable bonds is 4. The van der Waals surface area contributed by atoms with E-state index in [1.54, 1.807) is 6.33 Å². The van der Waals surface area contributed by atoms with Gasteiger partial charge in [0.15, 0.2) is 0 Å². The van der Waals surface area contributed by atoms with Crippen LogP contribution >= 0.6 is 11.3 Å². The Hall–Kier alpha value is -1.62. The zero-order chi connectivity index (χ0) is 13.9. The van der Waals surface area contributed by atoms with Crippen molar-refractivity contribution in [1.82, 2.24) is 9.97 Å². The Morgan fingerprint density at radius 1 is 1.35 bits per heavy atom. The van der Waals surface area contributed by atoms with Crippen molar-refractivity contribution in [2.45, 2.75) is 38.6 Å². The maximum atomic E-state index is 4.45. The highest BCUT2D eigenvalue weighted by Gasteiger charge is 2.22. The lowest BCUT2D eigenvalue weighted by Gasteiger charge is -2.25. The minimum absolute atomic E-state index is 0.384. The van der Waals surface area contributed by atoms with E-state index in [0.717, 1.165) is 23.6 Å². The number of anilines is 2. The van der Waals surface area contributed by atoms with E-state index < -0.39 is 0 Å². The van der Waals surface area contributed by atoms with Crippen LogP contribution in [0.5, 0.6) is 0 Å². The summed E-state index contributed by atoms with van der Waals surface area (Å²) in [7, 11) is 1.91. The summed E-state index contributed by atoms with van der Waals surface area (Å²) in [5.74, 6) is 1.89. The van der Waals surface area contributed by atoms with E-state index in [-0.39, 0.29) is 0 Å². The van der Waals surface area contributed by atoms with Crippen molar-refractivity contribution < 1.29 is 0 Å². The standard InChI is InChI=1S/C15H20N4S/c1-3-10-14(16-2)17-9-18-15(10)19-12-5-4-6-13-11(12)7-8-20-13/h7-9,12H,3-6H2,1-2H3,(H2,16,17,18,19). The first kappa shape index (κ1) is 13.4. The van der Waals surface area contributed by atoms with E-state index in [2.05, 4.69) is 39.0 Å². The van der Waals surface area contributed by atoms with Crippen molar-refractivity contribution in [1.29, 1.82) is 0 Å². The van der Waals surface area contributed by atoms with Crippen molar-refractivity contribution in [3.05, 3.63) is 33.8 Å². The van der Waals surface area contributed by atoms with E-state index >= 15 is 0 Å². The van der Waals surface area contributed by atoms with Gasteiger partial charge in [0, 0.05) is 17.5 Å². The Balaban J connectivity index is 1.90. The second-order valence-corrected chi connectivity index (χ2v) is 6.04. The molecule has 5 heteroatoms. The molecular weight excluding hydrogens is 268 g/mol. The Morgan fingerprint density at radius 2 is 2.20 bits per heavy atom. The maximum absolute atomic E-state index is 4.45. The van der Waals surface area contributed by atoms with Crippen LogP contribution in [-0.2, 0) is 12.8 Å². The van der Waals surface area contributed by atoms with E-state index in [1.807, 2.05) is 18.4 Å². The molecule has 1 unspecified atom stereocenters. The summed E-state index contributed by atoms with van der Waals surface area (Å²) in [5, 5.41) is 8.98. The molecule has 1 atom stereocenters. The highest BCUT2D eigenvalue weighted by Crippen LogP contribution is 2.36. The molecule has 2 aromatic heterocycles. The first-order valence-electron chi connectivity index (χ1n) is 7.18. The molecule has 2 heterocycles. The molecule has 0 amide bonds. The Morgan fingerprint density at radius 3 is 3.00 bits per heavy atom. The van der Waals surface area contributed by atoms with Gasteiger partial charge in [0.05, 0.1) is 6.04 Å². The van der Waals surface area contributed by atoms with Crippen molar-refractivity contribution in [3.8, 4) is 0 Å². The number of aryl methyl sites for hydroxylation is 1. The van der Waals surface area contributed by atoms with Crippen LogP contribution in [0.2, 0.25) is 0 Å². The van der Waals surface area contributed by atoms with Crippen LogP contribution in [0.3, 0.4) is 0 Å². The van der Waals surface area contributed by atoms with Gasteiger partial charge in [-0.15, -0.1) is 11.3 Å². The molecule has 4 nitrogen and oxygen atoms in total. The fourth-order valence-corrected chi connectivity index (χ4v) is 3.88. The fraction of sp³-hybridized carbons (Fsp3) is 0.467. The van der Waals surface area contributed by atoms with Crippen LogP contribution in [0, 0.1) is 0 Å². The molecule has 106 valence electrons. The van der Waals surface area contributed by atoms with Gasteiger partial charge in [0.1, 0.15) is 18.0 Å². The number of fused-ring (bicyclic) bond motifs is 1. The quantitative estimate of drug-likeness (QED) is 0.902. The van der Waals surface area contributed by atoms with Crippen molar-refractivity contribution in [3.63, 3.8) is 0 Å². The number of hydrogen-bond donors (Lipinski definition) is 2. The number of nitrogens with zero attached hydrogens (tertiary/aromatic N) is 2. The monoisotopic (exact) mass is 288 g/mol. The zero-order valence-electron chi connectivity index (χ0n) is 11.9. The largest absolute Gasteiger partial charge is 0.373 e. The lowest BCUT2D eigenvalue weighted by atomic mass is 9.94. The first-order valence-corrected chi connectivity index (χ1v) is 8.05. The normalized spacial score (nSPS) is 17.6. The maximum Gasteiger partial charge on any atom is 0.135 e. The third-order valence-electron chi connectivity index (χ3n) is 3.90. The molecule has 2 aromatic rings. The van der Waals surface area contributed by atoms with E-state index in [9.17, 15) is 0 Å². The van der Waals surface area contributed by atoms with Crippen LogP contribution in [0.4, 0.5) is 11.6 Å².